The van der Waals surface area contributed by atoms with Crippen LogP contribution in [0, 0.1) is 30.1 Å². The summed E-state index contributed by atoms with van der Waals surface area (Å²) < 4.78 is 10.8. The number of furan rings is 1. The van der Waals surface area contributed by atoms with E-state index in [4.69, 9.17) is 14.3 Å². The van der Waals surface area contributed by atoms with Crippen LogP contribution in [0.5, 0.6) is 0 Å². The lowest BCUT2D eigenvalue weighted by Gasteiger charge is -2.56. The van der Waals surface area contributed by atoms with Crippen molar-refractivity contribution in [1.29, 1.82) is 0 Å². The zero-order valence-electron chi connectivity index (χ0n) is 14.9. The van der Waals surface area contributed by atoms with Crippen LogP contribution in [-0.2, 0) is 16.1 Å². The van der Waals surface area contributed by atoms with Crippen LogP contribution < -0.4 is 0 Å². The Hall–Kier alpha value is -1.62. The SMILES string of the molecule is Cc1oc(CO)cc1C(=O)O[C@@H](C)C(=O)C12CC3CC(CC(C3)C1)C2. The van der Waals surface area contributed by atoms with Crippen LogP contribution in [0.15, 0.2) is 10.5 Å². The van der Waals surface area contributed by atoms with Crippen molar-refractivity contribution in [1.82, 2.24) is 0 Å². The summed E-state index contributed by atoms with van der Waals surface area (Å²) >= 11 is 0. The van der Waals surface area contributed by atoms with Gasteiger partial charge in [-0.3, -0.25) is 4.79 Å². The molecule has 0 aliphatic heterocycles. The van der Waals surface area contributed by atoms with Crippen LogP contribution in [-0.4, -0.2) is 23.0 Å². The van der Waals surface area contributed by atoms with E-state index in [1.807, 2.05) is 0 Å². The fourth-order valence-corrected chi connectivity index (χ4v) is 5.95. The molecule has 136 valence electrons. The number of esters is 1. The number of hydrogen-bond acceptors (Lipinski definition) is 5. The van der Waals surface area contributed by atoms with Gasteiger partial charge < -0.3 is 14.3 Å². The standard InChI is InChI=1S/C20H26O5/c1-11-17(6-16(10-21)24-11)19(23)25-12(2)18(22)20-7-13-3-14(8-20)5-15(4-13)9-20/h6,12-15,21H,3-5,7-10H2,1-2H3/t12-,13?,14?,15?,20?/m0/s1. The van der Waals surface area contributed by atoms with Crippen LogP contribution in [0.3, 0.4) is 0 Å². The molecule has 0 saturated heterocycles. The third kappa shape index (κ3) is 2.82. The van der Waals surface area contributed by atoms with Crippen molar-refractivity contribution in [3.8, 4) is 0 Å². The molecular formula is C20H26O5. The topological polar surface area (TPSA) is 76.7 Å². The van der Waals surface area contributed by atoms with E-state index in [9.17, 15) is 9.59 Å². The molecule has 1 N–H and O–H groups in total. The molecule has 5 nitrogen and oxygen atoms in total. The number of aliphatic hydroxyl groups is 1. The van der Waals surface area contributed by atoms with E-state index in [0.29, 0.717) is 29.3 Å². The Morgan fingerprint density at radius 3 is 2.28 bits per heavy atom. The zero-order chi connectivity index (χ0) is 17.8. The average Bonchev–Trinajstić information content (AvgIpc) is 2.94. The van der Waals surface area contributed by atoms with Gasteiger partial charge in [0.25, 0.3) is 0 Å². The Morgan fingerprint density at radius 2 is 1.80 bits per heavy atom. The fourth-order valence-electron chi connectivity index (χ4n) is 5.95. The highest BCUT2D eigenvalue weighted by Gasteiger charge is 2.55. The lowest BCUT2D eigenvalue weighted by atomic mass is 9.48. The second-order valence-corrected chi connectivity index (χ2v) is 8.45. The predicted molar refractivity (Wildman–Crippen MR) is 89.9 cm³/mol. The maximum absolute atomic E-state index is 13.2. The summed E-state index contributed by atoms with van der Waals surface area (Å²) in [5.74, 6) is 2.33. The zero-order valence-corrected chi connectivity index (χ0v) is 14.9. The molecule has 1 heterocycles. The molecule has 4 aliphatic rings. The Bertz CT molecular complexity index is 666. The maximum Gasteiger partial charge on any atom is 0.342 e. The number of rotatable bonds is 5. The Morgan fingerprint density at radius 1 is 1.24 bits per heavy atom. The van der Waals surface area contributed by atoms with E-state index in [2.05, 4.69) is 0 Å². The van der Waals surface area contributed by atoms with E-state index in [-0.39, 0.29) is 23.4 Å². The van der Waals surface area contributed by atoms with Gasteiger partial charge in [-0.15, -0.1) is 0 Å². The van der Waals surface area contributed by atoms with Gasteiger partial charge in [-0.05, 0) is 76.2 Å². The van der Waals surface area contributed by atoms with Crippen molar-refractivity contribution in [3.63, 3.8) is 0 Å². The summed E-state index contributed by atoms with van der Waals surface area (Å²) in [5.41, 5.74) is 0.0186. The first-order valence-corrected chi connectivity index (χ1v) is 9.35. The second-order valence-electron chi connectivity index (χ2n) is 8.45. The van der Waals surface area contributed by atoms with E-state index in [1.165, 1.54) is 25.3 Å². The minimum absolute atomic E-state index is 0.100. The molecule has 0 aromatic carbocycles. The second kappa shape index (κ2) is 5.97. The smallest absolute Gasteiger partial charge is 0.342 e. The van der Waals surface area contributed by atoms with Crippen LogP contribution in [0.1, 0.15) is 67.3 Å². The number of Topliss-reactive ketones (excluding diaryl/α,β-unsaturated/α-hetero) is 1. The van der Waals surface area contributed by atoms with Gasteiger partial charge in [0.1, 0.15) is 23.7 Å². The van der Waals surface area contributed by atoms with Gasteiger partial charge in [0.15, 0.2) is 11.9 Å². The van der Waals surface area contributed by atoms with Gasteiger partial charge in [0.05, 0.1) is 0 Å². The molecule has 4 bridgehead atoms. The van der Waals surface area contributed by atoms with Crippen molar-refractivity contribution in [2.45, 2.75) is 65.1 Å². The minimum Gasteiger partial charge on any atom is -0.463 e. The van der Waals surface area contributed by atoms with Gasteiger partial charge >= 0.3 is 5.97 Å². The third-order valence-corrected chi connectivity index (χ3v) is 6.56. The molecule has 0 radical (unpaired) electrons. The number of carbonyl (C=O) groups is 2. The summed E-state index contributed by atoms with van der Waals surface area (Å²) in [4.78, 5) is 25.6. The first kappa shape index (κ1) is 16.8. The van der Waals surface area contributed by atoms with Gasteiger partial charge in [-0.2, -0.15) is 0 Å². The van der Waals surface area contributed by atoms with Crippen LogP contribution in [0.2, 0.25) is 0 Å². The molecule has 4 saturated carbocycles. The molecule has 4 fully saturated rings. The molecular weight excluding hydrogens is 320 g/mol. The molecule has 1 aromatic heterocycles. The lowest BCUT2D eigenvalue weighted by molar-refractivity contribution is -0.152. The van der Waals surface area contributed by atoms with Crippen LogP contribution >= 0.6 is 0 Å². The van der Waals surface area contributed by atoms with E-state index < -0.39 is 12.1 Å². The normalized spacial score (nSPS) is 34.1. The average molecular weight is 346 g/mol. The highest BCUT2D eigenvalue weighted by atomic mass is 16.5. The summed E-state index contributed by atoms with van der Waals surface area (Å²) in [6.45, 7) is 3.08. The number of carbonyl (C=O) groups excluding carboxylic acids is 2. The quantitative estimate of drug-likeness (QED) is 0.827. The monoisotopic (exact) mass is 346 g/mol. The molecule has 1 aromatic rings. The van der Waals surface area contributed by atoms with Crippen molar-refractivity contribution in [2.75, 3.05) is 0 Å². The van der Waals surface area contributed by atoms with Crippen LogP contribution in [0.25, 0.3) is 0 Å². The molecule has 5 heteroatoms. The summed E-state index contributed by atoms with van der Waals surface area (Å²) in [6.07, 6.45) is 6.00. The summed E-state index contributed by atoms with van der Waals surface area (Å²) in [7, 11) is 0. The molecule has 1 atom stereocenters. The first-order valence-electron chi connectivity index (χ1n) is 9.35. The van der Waals surface area contributed by atoms with Crippen molar-refractivity contribution in [3.05, 3.63) is 23.2 Å². The molecule has 0 amide bonds. The summed E-state index contributed by atoms with van der Waals surface area (Å²) in [6, 6.07) is 1.49. The van der Waals surface area contributed by atoms with Crippen molar-refractivity contribution < 1.29 is 23.8 Å². The van der Waals surface area contributed by atoms with Gasteiger partial charge in [-0.1, -0.05) is 0 Å². The third-order valence-electron chi connectivity index (χ3n) is 6.56. The van der Waals surface area contributed by atoms with Gasteiger partial charge in [0.2, 0.25) is 0 Å². The number of ether oxygens (including phenoxy) is 1. The van der Waals surface area contributed by atoms with Crippen molar-refractivity contribution >= 4 is 11.8 Å². The molecule has 4 aliphatic carbocycles. The lowest BCUT2D eigenvalue weighted by Crippen LogP contribution is -2.52. The van der Waals surface area contributed by atoms with E-state index in [0.717, 1.165) is 19.3 Å². The number of ketones is 1. The number of hydrogen-bond donors (Lipinski definition) is 1. The number of aliphatic hydroxyl groups excluding tert-OH is 1. The van der Waals surface area contributed by atoms with Crippen LogP contribution in [0.4, 0.5) is 0 Å². The Labute approximate surface area is 147 Å². The molecule has 5 rings (SSSR count). The highest BCUT2D eigenvalue weighted by Crippen LogP contribution is 2.60. The van der Waals surface area contributed by atoms with Gasteiger partial charge in [-0.25, -0.2) is 4.79 Å². The first-order chi connectivity index (χ1) is 11.9. The predicted octanol–water partition coefficient (Wildman–Crippen LogP) is 3.41. The van der Waals surface area contributed by atoms with Gasteiger partial charge in [0, 0.05) is 5.41 Å². The van der Waals surface area contributed by atoms with E-state index in [1.54, 1.807) is 13.8 Å². The molecule has 0 unspecified atom stereocenters. The molecule has 0 spiro atoms. The maximum atomic E-state index is 13.2. The highest BCUT2D eigenvalue weighted by molar-refractivity contribution is 5.95. The van der Waals surface area contributed by atoms with Crippen molar-refractivity contribution in [2.24, 2.45) is 23.2 Å². The largest absolute Gasteiger partial charge is 0.463 e. The number of aryl methyl sites for hydroxylation is 1. The Kier molecular flexibility index (Phi) is 4.02. The fraction of sp³-hybridized carbons (Fsp3) is 0.700. The summed E-state index contributed by atoms with van der Waals surface area (Å²) in [5, 5.41) is 9.12. The minimum atomic E-state index is -0.740. The molecule has 25 heavy (non-hydrogen) atoms. The van der Waals surface area contributed by atoms with E-state index >= 15 is 0 Å². The Balaban J connectivity index is 1.47.